The molecule has 4 N–H and O–H groups in total. The van der Waals surface area contributed by atoms with Gasteiger partial charge in [0.15, 0.2) is 5.96 Å². The fraction of sp³-hybridized carbons (Fsp3) is 0.765. The third kappa shape index (κ3) is 7.37. The van der Waals surface area contributed by atoms with Gasteiger partial charge in [0.25, 0.3) is 0 Å². The van der Waals surface area contributed by atoms with Crippen LogP contribution in [0.25, 0.3) is 0 Å². The molecule has 0 aliphatic heterocycles. The lowest BCUT2D eigenvalue weighted by molar-refractivity contribution is 0.231. The summed E-state index contributed by atoms with van der Waals surface area (Å²) < 4.78 is 0. The summed E-state index contributed by atoms with van der Waals surface area (Å²) in [4.78, 5) is 16.1. The summed E-state index contributed by atoms with van der Waals surface area (Å²) in [6, 6.07) is -0.274. The van der Waals surface area contributed by atoms with E-state index in [4.69, 9.17) is 5.73 Å². The van der Waals surface area contributed by atoms with Crippen molar-refractivity contribution in [1.29, 1.82) is 0 Å². The summed E-state index contributed by atoms with van der Waals surface area (Å²) in [7, 11) is 0. The molecule has 0 saturated heterocycles. The minimum Gasteiger partial charge on any atom is -0.370 e. The van der Waals surface area contributed by atoms with Gasteiger partial charge in [-0.2, -0.15) is 0 Å². The Labute approximate surface area is 153 Å². The number of urea groups is 1. The molecule has 1 aromatic rings. The van der Waals surface area contributed by atoms with Crippen LogP contribution in [0.2, 0.25) is 0 Å². The van der Waals surface area contributed by atoms with Gasteiger partial charge in [-0.15, -0.1) is 21.5 Å². The normalized spacial score (nSPS) is 17.3. The van der Waals surface area contributed by atoms with E-state index in [0.29, 0.717) is 19.0 Å². The average Bonchev–Trinajstić information content (AvgIpc) is 3.02. The summed E-state index contributed by atoms with van der Waals surface area (Å²) in [6.07, 6.45) is 8.20. The second-order valence-electron chi connectivity index (χ2n) is 6.80. The zero-order chi connectivity index (χ0) is 18.1. The van der Waals surface area contributed by atoms with Crippen LogP contribution in [0.4, 0.5) is 4.79 Å². The number of hydrogen-bond acceptors (Lipinski definition) is 5. The predicted molar refractivity (Wildman–Crippen MR) is 102 cm³/mol. The van der Waals surface area contributed by atoms with Gasteiger partial charge >= 0.3 is 6.03 Å². The maximum absolute atomic E-state index is 11.9. The summed E-state index contributed by atoms with van der Waals surface area (Å²) in [5, 5.41) is 15.5. The quantitative estimate of drug-likeness (QED) is 0.392. The minimum absolute atomic E-state index is 0.163. The second-order valence-corrected chi connectivity index (χ2v) is 8.06. The van der Waals surface area contributed by atoms with E-state index in [2.05, 4.69) is 32.7 Å². The van der Waals surface area contributed by atoms with Crippen LogP contribution in [-0.2, 0) is 6.42 Å². The zero-order valence-electron chi connectivity index (χ0n) is 15.3. The van der Waals surface area contributed by atoms with Crippen molar-refractivity contribution < 1.29 is 4.79 Å². The Kier molecular flexibility index (Phi) is 8.11. The van der Waals surface area contributed by atoms with Crippen molar-refractivity contribution >= 4 is 23.3 Å². The number of aryl methyl sites for hydroxylation is 2. The Morgan fingerprint density at radius 1 is 1.36 bits per heavy atom. The molecule has 0 aromatic carbocycles. The molecule has 1 aliphatic rings. The number of aromatic nitrogens is 2. The third-order valence-corrected chi connectivity index (χ3v) is 5.58. The highest BCUT2D eigenvalue weighted by Crippen LogP contribution is 2.29. The molecule has 2 rings (SSSR count). The van der Waals surface area contributed by atoms with Gasteiger partial charge in [-0.1, -0.05) is 39.0 Å². The van der Waals surface area contributed by atoms with Crippen LogP contribution in [0, 0.1) is 18.8 Å². The Balaban J connectivity index is 1.60. The molecule has 1 heterocycles. The second kappa shape index (κ2) is 10.3. The molecular formula is C17H30N6OS. The van der Waals surface area contributed by atoms with E-state index in [1.54, 1.807) is 11.3 Å². The molecule has 0 radical (unpaired) electrons. The Morgan fingerprint density at radius 2 is 2.12 bits per heavy atom. The number of carbonyl (C=O) groups excluding carboxylic acids is 1. The summed E-state index contributed by atoms with van der Waals surface area (Å²) in [5.74, 6) is 1.39. The number of hydrogen-bond donors (Lipinski definition) is 3. The third-order valence-electron chi connectivity index (χ3n) is 4.68. The molecular weight excluding hydrogens is 336 g/mol. The number of nitrogens with zero attached hydrogens (tertiary/aromatic N) is 3. The van der Waals surface area contributed by atoms with E-state index in [1.165, 1.54) is 32.1 Å². The predicted octanol–water partition coefficient (Wildman–Crippen LogP) is 2.61. The smallest absolute Gasteiger partial charge is 0.321 e. The summed E-state index contributed by atoms with van der Waals surface area (Å²) >= 11 is 1.60. The maximum atomic E-state index is 11.9. The van der Waals surface area contributed by atoms with Gasteiger partial charge in [0.1, 0.15) is 10.0 Å². The van der Waals surface area contributed by atoms with Gasteiger partial charge in [0.05, 0.1) is 0 Å². The van der Waals surface area contributed by atoms with E-state index < -0.39 is 0 Å². The summed E-state index contributed by atoms with van der Waals surface area (Å²) in [5.41, 5.74) is 5.76. The first kappa shape index (κ1) is 19.6. The highest BCUT2D eigenvalue weighted by atomic mass is 32.1. The molecule has 1 fully saturated rings. The molecule has 7 nitrogen and oxygen atoms in total. The van der Waals surface area contributed by atoms with Crippen molar-refractivity contribution in [1.82, 2.24) is 20.8 Å². The number of rotatable bonds is 7. The molecule has 1 atom stereocenters. The zero-order valence-corrected chi connectivity index (χ0v) is 16.1. The SMILES string of the molecule is Cc1nnc(CCCN=C(N)NC(=O)NCC(C)C2CCCCC2)s1. The van der Waals surface area contributed by atoms with E-state index in [-0.39, 0.29) is 12.0 Å². The topological polar surface area (TPSA) is 105 Å². The van der Waals surface area contributed by atoms with E-state index in [1.807, 2.05) is 6.92 Å². The van der Waals surface area contributed by atoms with Crippen LogP contribution in [-0.4, -0.2) is 35.3 Å². The van der Waals surface area contributed by atoms with Crippen LogP contribution in [0.15, 0.2) is 4.99 Å². The lowest BCUT2D eigenvalue weighted by atomic mass is 9.81. The first-order valence-electron chi connectivity index (χ1n) is 9.18. The van der Waals surface area contributed by atoms with Gasteiger partial charge in [-0.25, -0.2) is 4.79 Å². The number of amides is 2. The molecule has 1 aromatic heterocycles. The van der Waals surface area contributed by atoms with Gasteiger partial charge < -0.3 is 11.1 Å². The van der Waals surface area contributed by atoms with Crippen molar-refractivity contribution in [2.75, 3.05) is 13.1 Å². The van der Waals surface area contributed by atoms with Crippen molar-refractivity contribution in [3.63, 3.8) is 0 Å². The molecule has 8 heteroatoms. The largest absolute Gasteiger partial charge is 0.370 e. The number of guanidine groups is 1. The van der Waals surface area contributed by atoms with E-state index in [0.717, 1.165) is 28.8 Å². The van der Waals surface area contributed by atoms with Crippen LogP contribution in [0.1, 0.15) is 55.5 Å². The van der Waals surface area contributed by atoms with Gasteiger partial charge in [0, 0.05) is 19.5 Å². The minimum atomic E-state index is -0.274. The lowest BCUT2D eigenvalue weighted by Gasteiger charge is -2.27. The highest BCUT2D eigenvalue weighted by Gasteiger charge is 2.20. The molecule has 1 aliphatic carbocycles. The van der Waals surface area contributed by atoms with Crippen molar-refractivity contribution in [3.05, 3.63) is 10.0 Å². The van der Waals surface area contributed by atoms with E-state index >= 15 is 0 Å². The van der Waals surface area contributed by atoms with Crippen LogP contribution < -0.4 is 16.4 Å². The average molecular weight is 367 g/mol. The fourth-order valence-electron chi connectivity index (χ4n) is 3.19. The molecule has 1 unspecified atom stereocenters. The van der Waals surface area contributed by atoms with E-state index in [9.17, 15) is 4.79 Å². The Morgan fingerprint density at radius 3 is 2.80 bits per heavy atom. The first-order chi connectivity index (χ1) is 12.0. The molecule has 0 bridgehead atoms. The van der Waals surface area contributed by atoms with Crippen molar-refractivity contribution in [2.45, 2.75) is 58.8 Å². The van der Waals surface area contributed by atoms with Gasteiger partial charge in [-0.05, 0) is 25.2 Å². The molecule has 1 saturated carbocycles. The standard InChI is InChI=1S/C17H30N6OS/c1-12(14-7-4-3-5-8-14)11-20-17(24)21-16(18)19-10-6-9-15-23-22-13(2)25-15/h12,14H,3-11H2,1-2H3,(H4,18,19,20,21,24). The highest BCUT2D eigenvalue weighted by molar-refractivity contribution is 7.11. The molecule has 140 valence electrons. The maximum Gasteiger partial charge on any atom is 0.321 e. The Hall–Kier alpha value is -1.70. The first-order valence-corrected chi connectivity index (χ1v) is 10.00. The number of carbonyl (C=O) groups is 1. The van der Waals surface area contributed by atoms with Crippen LogP contribution >= 0.6 is 11.3 Å². The summed E-state index contributed by atoms with van der Waals surface area (Å²) in [6.45, 7) is 5.39. The number of nitrogens with two attached hydrogens (primary N) is 1. The molecule has 25 heavy (non-hydrogen) atoms. The molecule has 2 amide bonds. The van der Waals surface area contributed by atoms with Crippen molar-refractivity contribution in [2.24, 2.45) is 22.6 Å². The number of nitrogens with one attached hydrogen (secondary N) is 2. The van der Waals surface area contributed by atoms with Gasteiger partial charge in [0.2, 0.25) is 0 Å². The molecule has 0 spiro atoms. The van der Waals surface area contributed by atoms with Crippen molar-refractivity contribution in [3.8, 4) is 0 Å². The van der Waals surface area contributed by atoms with Gasteiger partial charge in [-0.3, -0.25) is 10.3 Å². The fourth-order valence-corrected chi connectivity index (χ4v) is 3.94. The van der Waals surface area contributed by atoms with Crippen LogP contribution in [0.3, 0.4) is 0 Å². The lowest BCUT2D eigenvalue weighted by Crippen LogP contribution is -2.45. The van der Waals surface area contributed by atoms with Crippen LogP contribution in [0.5, 0.6) is 0 Å². The monoisotopic (exact) mass is 366 g/mol. The number of aliphatic imine (C=N–C) groups is 1. The Bertz CT molecular complexity index is 567.